The summed E-state index contributed by atoms with van der Waals surface area (Å²) in [6.07, 6.45) is 0.510. The van der Waals surface area contributed by atoms with Gasteiger partial charge >= 0.3 is 0 Å². The summed E-state index contributed by atoms with van der Waals surface area (Å²) >= 11 is 3.27. The summed E-state index contributed by atoms with van der Waals surface area (Å²) in [7, 11) is 1.53. The molecule has 0 fully saturated rings. The first-order chi connectivity index (χ1) is 5.77. The normalized spacial score (nSPS) is 9.92. The van der Waals surface area contributed by atoms with Crippen LogP contribution < -0.4 is 4.74 Å². The molecule has 1 heterocycles. The summed E-state index contributed by atoms with van der Waals surface area (Å²) in [4.78, 5) is 0. The number of ether oxygens (including phenoxy) is 1. The van der Waals surface area contributed by atoms with Gasteiger partial charge in [-0.05, 0) is 22.0 Å². The van der Waals surface area contributed by atoms with E-state index in [2.05, 4.69) is 26.1 Å². The summed E-state index contributed by atoms with van der Waals surface area (Å²) in [5, 5.41) is 16.2. The zero-order valence-corrected chi connectivity index (χ0v) is 8.21. The molecule has 0 aromatic carbocycles. The highest BCUT2D eigenvalue weighted by Gasteiger charge is 2.03. The van der Waals surface area contributed by atoms with Gasteiger partial charge in [-0.15, -0.1) is 5.10 Å². The molecule has 0 aliphatic heterocycles. The minimum absolute atomic E-state index is 0.0768. The summed E-state index contributed by atoms with van der Waals surface area (Å²) in [6.45, 7) is 0.0768. The lowest BCUT2D eigenvalue weighted by molar-refractivity contribution is 0.297. The minimum Gasteiger partial charge on any atom is -0.479 e. The molecule has 0 atom stereocenters. The van der Waals surface area contributed by atoms with E-state index in [-0.39, 0.29) is 6.61 Å². The number of methoxy groups -OCH3 is 1. The highest BCUT2D eigenvalue weighted by Crippen LogP contribution is 2.20. The van der Waals surface area contributed by atoms with Crippen molar-refractivity contribution in [1.29, 1.82) is 0 Å². The first-order valence-corrected chi connectivity index (χ1v) is 4.24. The first kappa shape index (κ1) is 9.41. The van der Waals surface area contributed by atoms with E-state index >= 15 is 0 Å². The van der Waals surface area contributed by atoms with Gasteiger partial charge in [-0.25, -0.2) is 0 Å². The monoisotopic (exact) mass is 232 g/mol. The Hall–Kier alpha value is -0.680. The van der Waals surface area contributed by atoms with Crippen LogP contribution in [0, 0.1) is 0 Å². The van der Waals surface area contributed by atoms with Crippen LogP contribution in [0.2, 0.25) is 0 Å². The molecule has 1 aromatic heterocycles. The molecule has 5 heteroatoms. The molecule has 12 heavy (non-hydrogen) atoms. The largest absolute Gasteiger partial charge is 0.479 e. The van der Waals surface area contributed by atoms with Crippen molar-refractivity contribution >= 4 is 15.9 Å². The lowest BCUT2D eigenvalue weighted by Crippen LogP contribution is -1.99. The molecule has 0 saturated carbocycles. The van der Waals surface area contributed by atoms with Crippen LogP contribution in [0.15, 0.2) is 10.5 Å². The molecule has 0 amide bonds. The number of hydrogen-bond donors (Lipinski definition) is 1. The zero-order valence-electron chi connectivity index (χ0n) is 6.62. The quantitative estimate of drug-likeness (QED) is 0.838. The van der Waals surface area contributed by atoms with Crippen molar-refractivity contribution in [1.82, 2.24) is 10.2 Å². The Morgan fingerprint density at radius 2 is 2.33 bits per heavy atom. The topological polar surface area (TPSA) is 55.2 Å². The van der Waals surface area contributed by atoms with Crippen LogP contribution in [0.1, 0.15) is 5.69 Å². The number of rotatable bonds is 3. The van der Waals surface area contributed by atoms with Crippen molar-refractivity contribution in [2.45, 2.75) is 6.42 Å². The Labute approximate surface area is 78.7 Å². The number of hydrogen-bond acceptors (Lipinski definition) is 4. The van der Waals surface area contributed by atoms with E-state index in [4.69, 9.17) is 9.84 Å². The molecule has 0 saturated heterocycles. The molecule has 1 aromatic rings. The molecule has 0 unspecified atom stereocenters. The maximum Gasteiger partial charge on any atom is 0.247 e. The van der Waals surface area contributed by atoms with Crippen LogP contribution in [-0.4, -0.2) is 29.0 Å². The average molecular weight is 233 g/mol. The van der Waals surface area contributed by atoms with Crippen molar-refractivity contribution in [3.63, 3.8) is 0 Å². The molecule has 1 rings (SSSR count). The molecule has 0 spiro atoms. The van der Waals surface area contributed by atoms with Crippen LogP contribution >= 0.6 is 15.9 Å². The highest BCUT2D eigenvalue weighted by molar-refractivity contribution is 9.10. The highest BCUT2D eigenvalue weighted by atomic mass is 79.9. The third-order valence-corrected chi connectivity index (χ3v) is 1.90. The van der Waals surface area contributed by atoms with Gasteiger partial charge in [-0.3, -0.25) is 0 Å². The Morgan fingerprint density at radius 3 is 2.83 bits per heavy atom. The van der Waals surface area contributed by atoms with Crippen LogP contribution in [0.25, 0.3) is 0 Å². The van der Waals surface area contributed by atoms with Gasteiger partial charge in [0.25, 0.3) is 0 Å². The van der Waals surface area contributed by atoms with E-state index in [1.807, 2.05) is 0 Å². The van der Waals surface area contributed by atoms with E-state index in [9.17, 15) is 0 Å². The lowest BCUT2D eigenvalue weighted by atomic mass is 10.3. The summed E-state index contributed by atoms with van der Waals surface area (Å²) in [6, 6.07) is 1.78. The molecule has 0 aliphatic carbocycles. The lowest BCUT2D eigenvalue weighted by Gasteiger charge is -2.01. The smallest absolute Gasteiger partial charge is 0.247 e. The summed E-state index contributed by atoms with van der Waals surface area (Å²) in [5.41, 5.74) is 0.741. The standard InChI is InChI=1S/C7H9BrN2O2/c1-12-7-6(8)4-5(2-3-11)9-10-7/h4,11H,2-3H2,1H3. The molecule has 0 radical (unpaired) electrons. The maximum atomic E-state index is 8.62. The third kappa shape index (κ3) is 2.15. The fourth-order valence-electron chi connectivity index (χ4n) is 0.769. The van der Waals surface area contributed by atoms with Crippen LogP contribution in [0.5, 0.6) is 5.88 Å². The molecular weight excluding hydrogens is 224 g/mol. The summed E-state index contributed by atoms with van der Waals surface area (Å²) < 4.78 is 5.65. The van der Waals surface area contributed by atoms with Crippen LogP contribution in [0.3, 0.4) is 0 Å². The second-order valence-electron chi connectivity index (χ2n) is 2.17. The zero-order chi connectivity index (χ0) is 8.97. The van der Waals surface area contributed by atoms with Crippen molar-refractivity contribution in [2.75, 3.05) is 13.7 Å². The van der Waals surface area contributed by atoms with Crippen molar-refractivity contribution in [3.8, 4) is 5.88 Å². The Morgan fingerprint density at radius 1 is 1.58 bits per heavy atom. The van der Waals surface area contributed by atoms with E-state index in [1.54, 1.807) is 6.07 Å². The Kier molecular flexibility index (Phi) is 3.43. The van der Waals surface area contributed by atoms with Gasteiger partial charge < -0.3 is 9.84 Å². The summed E-state index contributed by atoms with van der Waals surface area (Å²) in [5.74, 6) is 0.455. The molecule has 0 aliphatic rings. The molecule has 4 nitrogen and oxygen atoms in total. The van der Waals surface area contributed by atoms with Crippen molar-refractivity contribution in [3.05, 3.63) is 16.2 Å². The van der Waals surface area contributed by atoms with Gasteiger partial charge in [-0.1, -0.05) is 0 Å². The van der Waals surface area contributed by atoms with Gasteiger partial charge in [0.2, 0.25) is 5.88 Å². The molecule has 1 N–H and O–H groups in total. The Bertz CT molecular complexity index is 268. The van der Waals surface area contributed by atoms with Gasteiger partial charge in [0.1, 0.15) is 0 Å². The average Bonchev–Trinajstić information content (AvgIpc) is 2.05. The second kappa shape index (κ2) is 4.37. The number of nitrogens with zero attached hydrogens (tertiary/aromatic N) is 2. The predicted molar refractivity (Wildman–Crippen MR) is 47.1 cm³/mol. The number of halogens is 1. The van der Waals surface area contributed by atoms with Gasteiger partial charge in [-0.2, -0.15) is 5.10 Å². The number of aliphatic hydroxyl groups is 1. The van der Waals surface area contributed by atoms with E-state index in [0.29, 0.717) is 12.3 Å². The first-order valence-electron chi connectivity index (χ1n) is 3.45. The molecular formula is C7H9BrN2O2. The van der Waals surface area contributed by atoms with E-state index < -0.39 is 0 Å². The second-order valence-corrected chi connectivity index (χ2v) is 3.02. The SMILES string of the molecule is COc1nnc(CCO)cc1Br. The van der Waals surface area contributed by atoms with E-state index in [1.165, 1.54) is 7.11 Å². The Balaban J connectivity index is 2.86. The fourth-order valence-corrected chi connectivity index (χ4v) is 1.27. The molecule has 66 valence electrons. The van der Waals surface area contributed by atoms with Crippen LogP contribution in [0.4, 0.5) is 0 Å². The number of aliphatic hydroxyl groups excluding tert-OH is 1. The number of aromatic nitrogens is 2. The van der Waals surface area contributed by atoms with Gasteiger partial charge in [0, 0.05) is 13.0 Å². The maximum absolute atomic E-state index is 8.62. The van der Waals surface area contributed by atoms with Crippen LogP contribution in [-0.2, 0) is 6.42 Å². The predicted octanol–water partition coefficient (Wildman–Crippen LogP) is 0.783. The van der Waals surface area contributed by atoms with Gasteiger partial charge in [0.05, 0.1) is 17.3 Å². The third-order valence-electron chi connectivity index (χ3n) is 1.33. The van der Waals surface area contributed by atoms with E-state index in [0.717, 1.165) is 10.2 Å². The fraction of sp³-hybridized carbons (Fsp3) is 0.429. The van der Waals surface area contributed by atoms with Gasteiger partial charge in [0.15, 0.2) is 0 Å². The minimum atomic E-state index is 0.0768. The molecule has 0 bridgehead atoms. The van der Waals surface area contributed by atoms with Crippen molar-refractivity contribution in [2.24, 2.45) is 0 Å². The van der Waals surface area contributed by atoms with Crippen molar-refractivity contribution < 1.29 is 9.84 Å².